The molecular weight excluding hydrogens is 389 g/mol. The van der Waals surface area contributed by atoms with E-state index >= 15 is 0 Å². The second kappa shape index (κ2) is 7.31. The number of hydrogen-bond donors (Lipinski definition) is 1. The molecule has 1 N–H and O–H groups in total. The first-order chi connectivity index (χ1) is 13.8. The van der Waals surface area contributed by atoms with Crippen molar-refractivity contribution in [3.8, 4) is 0 Å². The lowest BCUT2D eigenvalue weighted by atomic mass is 9.86. The minimum Gasteiger partial charge on any atom is -0.388 e. The molecule has 2 amide bonds. The zero-order chi connectivity index (χ0) is 20.6. The summed E-state index contributed by atoms with van der Waals surface area (Å²) in [4.78, 5) is 35.2. The molecule has 1 spiro atoms. The van der Waals surface area contributed by atoms with E-state index in [9.17, 15) is 22.8 Å². The Bertz CT molecular complexity index is 843. The van der Waals surface area contributed by atoms with Crippen molar-refractivity contribution in [2.45, 2.75) is 56.3 Å². The molecule has 0 atom stereocenters. The molecule has 2 fully saturated rings. The minimum absolute atomic E-state index is 0.0487. The normalized spacial score (nSPS) is 21.3. The summed E-state index contributed by atoms with van der Waals surface area (Å²) in [6.45, 7) is 0.630. The number of likely N-dealkylation sites (tertiary alicyclic amines) is 1. The van der Waals surface area contributed by atoms with Crippen LogP contribution in [0.4, 0.5) is 13.2 Å². The molecule has 0 aromatic carbocycles. The second-order valence-electron chi connectivity index (χ2n) is 7.81. The number of rotatable bonds is 3. The summed E-state index contributed by atoms with van der Waals surface area (Å²) in [7, 11) is 0. The summed E-state index contributed by atoms with van der Waals surface area (Å²) >= 11 is 0. The summed E-state index contributed by atoms with van der Waals surface area (Å²) in [5.74, 6) is -0.684. The summed E-state index contributed by atoms with van der Waals surface area (Å²) in [6.07, 6.45) is 0.750. The molecule has 0 radical (unpaired) electrons. The van der Waals surface area contributed by atoms with Gasteiger partial charge in [0, 0.05) is 50.2 Å². The summed E-state index contributed by atoms with van der Waals surface area (Å²) in [5.41, 5.74) is -1.40. The van der Waals surface area contributed by atoms with E-state index in [2.05, 4.69) is 15.5 Å². The molecule has 0 bridgehead atoms. The quantitative estimate of drug-likeness (QED) is 0.830. The van der Waals surface area contributed by atoms with E-state index in [0.717, 1.165) is 31.5 Å². The van der Waals surface area contributed by atoms with Gasteiger partial charge in [0.15, 0.2) is 0 Å². The van der Waals surface area contributed by atoms with Gasteiger partial charge in [-0.2, -0.15) is 13.2 Å². The monoisotopic (exact) mass is 410 g/mol. The number of alkyl halides is 3. The maximum atomic E-state index is 12.8. The molecule has 7 nitrogen and oxygen atoms in total. The van der Waals surface area contributed by atoms with Crippen LogP contribution in [0, 0.1) is 0 Å². The molecule has 1 aromatic heterocycles. The van der Waals surface area contributed by atoms with Gasteiger partial charge in [-0.3, -0.25) is 14.6 Å². The Balaban J connectivity index is 1.34. The maximum absolute atomic E-state index is 12.8. The van der Waals surface area contributed by atoms with Gasteiger partial charge >= 0.3 is 6.18 Å². The molecule has 0 unspecified atom stereocenters. The van der Waals surface area contributed by atoms with E-state index < -0.39 is 23.4 Å². The van der Waals surface area contributed by atoms with Gasteiger partial charge in [0.1, 0.15) is 17.0 Å². The van der Waals surface area contributed by atoms with Gasteiger partial charge in [-0.15, -0.1) is 0 Å². The molecule has 1 saturated carbocycles. The third-order valence-corrected chi connectivity index (χ3v) is 5.80. The van der Waals surface area contributed by atoms with E-state index in [4.69, 9.17) is 4.84 Å². The number of halogens is 3. The number of nitrogens with one attached hydrogen (secondary N) is 1. The highest BCUT2D eigenvalue weighted by atomic mass is 19.4. The number of amides is 2. The lowest BCUT2D eigenvalue weighted by Crippen LogP contribution is -2.48. The van der Waals surface area contributed by atoms with Gasteiger partial charge in [-0.25, -0.2) is 0 Å². The van der Waals surface area contributed by atoms with Crippen molar-refractivity contribution in [2.75, 3.05) is 13.1 Å². The van der Waals surface area contributed by atoms with Gasteiger partial charge in [0.2, 0.25) is 0 Å². The fourth-order valence-electron chi connectivity index (χ4n) is 3.75. The third-order valence-electron chi connectivity index (χ3n) is 5.80. The standard InChI is InChI=1S/C19H21F3N4O3/c20-19(21,22)15-10-12(4-7-23-15)17(28)26-8-5-18(6-9-26)11-14(25-29-18)16(27)24-13-2-1-3-13/h4,7,10,13H,1-3,5-6,8-9,11H2,(H,24,27). The number of carbonyl (C=O) groups is 2. The lowest BCUT2D eigenvalue weighted by molar-refractivity contribution is -0.141. The van der Waals surface area contributed by atoms with E-state index in [1.807, 2.05) is 0 Å². The molecule has 4 rings (SSSR count). The van der Waals surface area contributed by atoms with Crippen LogP contribution in [-0.4, -0.2) is 52.1 Å². The van der Waals surface area contributed by atoms with Gasteiger partial charge in [-0.1, -0.05) is 5.16 Å². The number of pyridine rings is 1. The Hall–Kier alpha value is -2.65. The number of hydrogen-bond acceptors (Lipinski definition) is 5. The summed E-state index contributed by atoms with van der Waals surface area (Å²) < 4.78 is 38.5. The highest BCUT2D eigenvalue weighted by molar-refractivity contribution is 6.39. The first-order valence-corrected chi connectivity index (χ1v) is 9.64. The zero-order valence-corrected chi connectivity index (χ0v) is 15.7. The van der Waals surface area contributed by atoms with Crippen LogP contribution in [0.15, 0.2) is 23.5 Å². The average molecular weight is 410 g/mol. The van der Waals surface area contributed by atoms with Gasteiger partial charge in [-0.05, 0) is 31.4 Å². The van der Waals surface area contributed by atoms with Crippen LogP contribution in [-0.2, 0) is 15.8 Å². The molecule has 1 aliphatic carbocycles. The van der Waals surface area contributed by atoms with Crippen molar-refractivity contribution in [2.24, 2.45) is 5.16 Å². The fraction of sp³-hybridized carbons (Fsp3) is 0.579. The molecule has 2 aliphatic heterocycles. The highest BCUT2D eigenvalue weighted by Crippen LogP contribution is 2.35. The first-order valence-electron chi connectivity index (χ1n) is 9.64. The smallest absolute Gasteiger partial charge is 0.388 e. The molecule has 1 aromatic rings. The predicted molar refractivity (Wildman–Crippen MR) is 96.0 cm³/mol. The van der Waals surface area contributed by atoms with Gasteiger partial charge < -0.3 is 15.1 Å². The lowest BCUT2D eigenvalue weighted by Gasteiger charge is -2.37. The molecule has 3 aliphatic rings. The van der Waals surface area contributed by atoms with Crippen molar-refractivity contribution in [3.63, 3.8) is 0 Å². The highest BCUT2D eigenvalue weighted by Gasteiger charge is 2.45. The number of piperidine rings is 1. The average Bonchev–Trinajstić information content (AvgIpc) is 3.08. The molecule has 3 heterocycles. The topological polar surface area (TPSA) is 83.9 Å². The summed E-state index contributed by atoms with van der Waals surface area (Å²) in [5, 5.41) is 6.89. The molecule has 156 valence electrons. The van der Waals surface area contributed by atoms with Crippen molar-refractivity contribution in [1.82, 2.24) is 15.2 Å². The van der Waals surface area contributed by atoms with Crippen LogP contribution >= 0.6 is 0 Å². The van der Waals surface area contributed by atoms with Crippen LogP contribution < -0.4 is 5.32 Å². The van der Waals surface area contributed by atoms with E-state index in [1.165, 1.54) is 11.0 Å². The van der Waals surface area contributed by atoms with E-state index in [1.54, 1.807) is 0 Å². The Kier molecular flexibility index (Phi) is 4.95. The maximum Gasteiger partial charge on any atom is 0.433 e. The number of oxime groups is 1. The van der Waals surface area contributed by atoms with Gasteiger partial charge in [0.25, 0.3) is 11.8 Å². The predicted octanol–water partition coefficient (Wildman–Crippen LogP) is 2.52. The van der Waals surface area contributed by atoms with E-state index in [0.29, 0.717) is 38.1 Å². The van der Waals surface area contributed by atoms with Crippen molar-refractivity contribution >= 4 is 17.5 Å². The van der Waals surface area contributed by atoms with Crippen LogP contribution in [0.5, 0.6) is 0 Å². The van der Waals surface area contributed by atoms with Crippen molar-refractivity contribution in [3.05, 3.63) is 29.6 Å². The van der Waals surface area contributed by atoms with Crippen LogP contribution in [0.1, 0.15) is 54.6 Å². The largest absolute Gasteiger partial charge is 0.433 e. The Morgan fingerprint density at radius 3 is 2.59 bits per heavy atom. The van der Waals surface area contributed by atoms with E-state index in [-0.39, 0.29) is 17.5 Å². The van der Waals surface area contributed by atoms with Crippen molar-refractivity contribution in [1.29, 1.82) is 0 Å². The molecule has 29 heavy (non-hydrogen) atoms. The Morgan fingerprint density at radius 1 is 1.24 bits per heavy atom. The number of carbonyl (C=O) groups excluding carboxylic acids is 2. The Labute approximate surface area is 165 Å². The van der Waals surface area contributed by atoms with Gasteiger partial charge in [0.05, 0.1) is 0 Å². The fourth-order valence-corrected chi connectivity index (χ4v) is 3.75. The SMILES string of the molecule is O=C(NC1CCC1)C1=NOC2(CCN(C(=O)c3ccnc(C(F)(F)F)c3)CC2)C1. The summed E-state index contributed by atoms with van der Waals surface area (Å²) in [6, 6.07) is 2.26. The zero-order valence-electron chi connectivity index (χ0n) is 15.7. The molecular formula is C19H21F3N4O3. The minimum atomic E-state index is -4.60. The first kappa shape index (κ1) is 19.7. The van der Waals surface area contributed by atoms with Crippen LogP contribution in [0.25, 0.3) is 0 Å². The second-order valence-corrected chi connectivity index (χ2v) is 7.81. The van der Waals surface area contributed by atoms with Crippen LogP contribution in [0.2, 0.25) is 0 Å². The molecule has 10 heteroatoms. The Morgan fingerprint density at radius 2 is 1.97 bits per heavy atom. The number of nitrogens with zero attached hydrogens (tertiary/aromatic N) is 3. The van der Waals surface area contributed by atoms with Crippen LogP contribution in [0.3, 0.4) is 0 Å². The van der Waals surface area contributed by atoms with Crippen molar-refractivity contribution < 1.29 is 27.6 Å². The third kappa shape index (κ3) is 4.06. The molecule has 1 saturated heterocycles. The number of aromatic nitrogens is 1.